The van der Waals surface area contributed by atoms with Gasteiger partial charge in [-0.1, -0.05) is 0 Å². The van der Waals surface area contributed by atoms with Crippen molar-refractivity contribution in [3.05, 3.63) is 0 Å². The van der Waals surface area contributed by atoms with Gasteiger partial charge in [-0.05, 0) is 26.8 Å². The summed E-state index contributed by atoms with van der Waals surface area (Å²) in [6, 6.07) is 1.11. The standard InChI is InChI=1S/C11H21N3O/c1-9(12-2)7-14-6-5-13(8-11(14)15)10-3-4-10/h9-10,12H,3-8H2,1-2H3. The lowest BCUT2D eigenvalue weighted by atomic mass is 10.2. The minimum Gasteiger partial charge on any atom is -0.339 e. The van der Waals surface area contributed by atoms with Crippen molar-refractivity contribution in [1.29, 1.82) is 0 Å². The van der Waals surface area contributed by atoms with Gasteiger partial charge in [0.1, 0.15) is 0 Å². The Hall–Kier alpha value is -0.610. The highest BCUT2D eigenvalue weighted by molar-refractivity contribution is 5.79. The molecule has 2 fully saturated rings. The Morgan fingerprint density at radius 3 is 2.73 bits per heavy atom. The lowest BCUT2D eigenvalue weighted by molar-refractivity contribution is -0.136. The van der Waals surface area contributed by atoms with Crippen LogP contribution in [0.25, 0.3) is 0 Å². The van der Waals surface area contributed by atoms with Crippen molar-refractivity contribution in [2.45, 2.75) is 31.8 Å². The number of nitrogens with zero attached hydrogens (tertiary/aromatic N) is 2. The van der Waals surface area contributed by atoms with Crippen molar-refractivity contribution in [1.82, 2.24) is 15.1 Å². The van der Waals surface area contributed by atoms with Gasteiger partial charge in [0, 0.05) is 31.7 Å². The van der Waals surface area contributed by atoms with Crippen LogP contribution in [-0.4, -0.2) is 61.0 Å². The first kappa shape index (κ1) is 10.9. The first-order valence-corrected chi connectivity index (χ1v) is 5.90. The van der Waals surface area contributed by atoms with Gasteiger partial charge < -0.3 is 10.2 Å². The van der Waals surface area contributed by atoms with E-state index >= 15 is 0 Å². The highest BCUT2D eigenvalue weighted by Gasteiger charge is 2.34. The molecule has 1 aliphatic heterocycles. The zero-order chi connectivity index (χ0) is 10.8. The first-order valence-electron chi connectivity index (χ1n) is 5.90. The molecule has 1 heterocycles. The number of nitrogens with one attached hydrogen (secondary N) is 1. The normalized spacial score (nSPS) is 25.7. The molecule has 0 aromatic carbocycles. The van der Waals surface area contributed by atoms with E-state index in [4.69, 9.17) is 0 Å². The summed E-state index contributed by atoms with van der Waals surface area (Å²) in [4.78, 5) is 16.2. The van der Waals surface area contributed by atoms with Crippen LogP contribution in [0.15, 0.2) is 0 Å². The summed E-state index contributed by atoms with van der Waals surface area (Å²) in [6.07, 6.45) is 2.58. The average molecular weight is 211 g/mol. The number of carbonyl (C=O) groups excluding carboxylic acids is 1. The largest absolute Gasteiger partial charge is 0.339 e. The number of hydrogen-bond acceptors (Lipinski definition) is 3. The van der Waals surface area contributed by atoms with Crippen LogP contribution in [0.1, 0.15) is 19.8 Å². The fourth-order valence-corrected chi connectivity index (χ4v) is 2.09. The van der Waals surface area contributed by atoms with E-state index in [2.05, 4.69) is 17.1 Å². The average Bonchev–Trinajstić information content (AvgIpc) is 3.04. The molecule has 15 heavy (non-hydrogen) atoms. The number of carbonyl (C=O) groups is 1. The smallest absolute Gasteiger partial charge is 0.236 e. The van der Waals surface area contributed by atoms with Crippen molar-refractivity contribution in [3.8, 4) is 0 Å². The van der Waals surface area contributed by atoms with Crippen molar-refractivity contribution >= 4 is 5.91 Å². The van der Waals surface area contributed by atoms with Gasteiger partial charge in [-0.2, -0.15) is 0 Å². The van der Waals surface area contributed by atoms with Crippen molar-refractivity contribution in [2.75, 3.05) is 33.2 Å². The van der Waals surface area contributed by atoms with Gasteiger partial charge in [0.2, 0.25) is 5.91 Å². The Labute approximate surface area is 91.6 Å². The van der Waals surface area contributed by atoms with E-state index in [1.165, 1.54) is 12.8 Å². The molecule has 1 unspecified atom stereocenters. The molecule has 1 aliphatic carbocycles. The van der Waals surface area contributed by atoms with Crippen LogP contribution in [0.4, 0.5) is 0 Å². The molecule has 0 spiro atoms. The molecule has 0 aromatic rings. The van der Waals surface area contributed by atoms with Gasteiger partial charge in [0.15, 0.2) is 0 Å². The van der Waals surface area contributed by atoms with Crippen LogP contribution in [0, 0.1) is 0 Å². The van der Waals surface area contributed by atoms with E-state index < -0.39 is 0 Å². The monoisotopic (exact) mass is 211 g/mol. The fourth-order valence-electron chi connectivity index (χ4n) is 2.09. The molecule has 1 saturated carbocycles. The van der Waals surface area contributed by atoms with Gasteiger partial charge in [-0.25, -0.2) is 0 Å². The van der Waals surface area contributed by atoms with Gasteiger partial charge in [-0.3, -0.25) is 9.69 Å². The molecule has 86 valence electrons. The summed E-state index contributed by atoms with van der Waals surface area (Å²) in [6.45, 7) is 5.56. The van der Waals surface area contributed by atoms with E-state index in [9.17, 15) is 4.79 Å². The molecule has 1 atom stereocenters. The summed E-state index contributed by atoms with van der Waals surface area (Å²) >= 11 is 0. The maximum atomic E-state index is 11.8. The molecule has 2 rings (SSSR count). The molecule has 1 saturated heterocycles. The highest BCUT2D eigenvalue weighted by Crippen LogP contribution is 2.27. The third-order valence-electron chi connectivity index (χ3n) is 3.40. The Balaban J connectivity index is 1.81. The minimum absolute atomic E-state index is 0.301. The van der Waals surface area contributed by atoms with Gasteiger partial charge in [0.25, 0.3) is 0 Å². The van der Waals surface area contributed by atoms with E-state index in [0.717, 1.165) is 25.7 Å². The minimum atomic E-state index is 0.301. The summed E-state index contributed by atoms with van der Waals surface area (Å²) in [5.41, 5.74) is 0. The summed E-state index contributed by atoms with van der Waals surface area (Å²) in [5.74, 6) is 0.301. The molecule has 0 radical (unpaired) electrons. The van der Waals surface area contributed by atoms with E-state index in [0.29, 0.717) is 18.5 Å². The number of piperazine rings is 1. The number of likely N-dealkylation sites (N-methyl/N-ethyl adjacent to an activating group) is 1. The second kappa shape index (κ2) is 4.49. The molecule has 4 heteroatoms. The molecule has 0 bridgehead atoms. The van der Waals surface area contributed by atoms with Crippen LogP contribution in [0.5, 0.6) is 0 Å². The van der Waals surface area contributed by atoms with Crippen molar-refractivity contribution in [2.24, 2.45) is 0 Å². The molecular weight excluding hydrogens is 190 g/mol. The highest BCUT2D eigenvalue weighted by atomic mass is 16.2. The Morgan fingerprint density at radius 1 is 1.47 bits per heavy atom. The van der Waals surface area contributed by atoms with Crippen molar-refractivity contribution in [3.63, 3.8) is 0 Å². The van der Waals surface area contributed by atoms with Crippen LogP contribution < -0.4 is 5.32 Å². The molecule has 2 aliphatic rings. The SMILES string of the molecule is CNC(C)CN1CCN(C2CC2)CC1=O. The molecular formula is C11H21N3O. The maximum absolute atomic E-state index is 11.8. The summed E-state index contributed by atoms with van der Waals surface area (Å²) in [5, 5.41) is 3.17. The lowest BCUT2D eigenvalue weighted by Crippen LogP contribution is -2.53. The summed E-state index contributed by atoms with van der Waals surface area (Å²) < 4.78 is 0. The van der Waals surface area contributed by atoms with Crippen LogP contribution in [0.3, 0.4) is 0 Å². The Kier molecular flexibility index (Phi) is 3.26. The quantitative estimate of drug-likeness (QED) is 0.705. The predicted molar refractivity (Wildman–Crippen MR) is 59.7 cm³/mol. The lowest BCUT2D eigenvalue weighted by Gasteiger charge is -2.35. The van der Waals surface area contributed by atoms with Crippen molar-refractivity contribution < 1.29 is 4.79 Å². The first-order chi connectivity index (χ1) is 7.20. The van der Waals surface area contributed by atoms with E-state index in [1.807, 2.05) is 11.9 Å². The number of amides is 1. The second-order valence-corrected chi connectivity index (χ2v) is 4.73. The molecule has 4 nitrogen and oxygen atoms in total. The third-order valence-corrected chi connectivity index (χ3v) is 3.40. The number of rotatable bonds is 4. The van der Waals surface area contributed by atoms with Gasteiger partial charge in [-0.15, -0.1) is 0 Å². The van der Waals surface area contributed by atoms with Crippen LogP contribution in [0.2, 0.25) is 0 Å². The summed E-state index contributed by atoms with van der Waals surface area (Å²) in [7, 11) is 1.94. The maximum Gasteiger partial charge on any atom is 0.236 e. The third kappa shape index (κ3) is 2.69. The number of hydrogen-bond donors (Lipinski definition) is 1. The molecule has 1 amide bonds. The fraction of sp³-hybridized carbons (Fsp3) is 0.909. The topological polar surface area (TPSA) is 35.6 Å². The predicted octanol–water partition coefficient (Wildman–Crippen LogP) is -0.0991. The van der Waals surface area contributed by atoms with Gasteiger partial charge in [0.05, 0.1) is 6.54 Å². The Bertz CT molecular complexity index is 240. The molecule has 1 N–H and O–H groups in total. The Morgan fingerprint density at radius 2 is 2.20 bits per heavy atom. The zero-order valence-electron chi connectivity index (χ0n) is 9.70. The molecule has 0 aromatic heterocycles. The zero-order valence-corrected chi connectivity index (χ0v) is 9.70. The van der Waals surface area contributed by atoms with E-state index in [1.54, 1.807) is 0 Å². The second-order valence-electron chi connectivity index (χ2n) is 4.73. The van der Waals surface area contributed by atoms with Gasteiger partial charge >= 0.3 is 0 Å². The van der Waals surface area contributed by atoms with Crippen LogP contribution >= 0.6 is 0 Å². The van der Waals surface area contributed by atoms with E-state index in [-0.39, 0.29) is 0 Å². The van der Waals surface area contributed by atoms with Crippen LogP contribution in [-0.2, 0) is 4.79 Å².